The molecular formula is C22H24OSi. The molecule has 122 valence electrons. The van der Waals surface area contributed by atoms with Gasteiger partial charge in [-0.25, -0.2) is 0 Å². The summed E-state index contributed by atoms with van der Waals surface area (Å²) >= 11 is 0. The second-order valence-corrected chi connectivity index (χ2v) is 7.90. The number of benzene rings is 3. The molecule has 3 aromatic carbocycles. The molecule has 0 aliphatic heterocycles. The van der Waals surface area contributed by atoms with Crippen molar-refractivity contribution < 1.29 is 4.43 Å². The lowest BCUT2D eigenvalue weighted by Crippen LogP contribution is -2.44. The summed E-state index contributed by atoms with van der Waals surface area (Å²) in [4.78, 5) is 0. The standard InChI is InChI=1S/C15H16OSi.C7H8/c1-2-13-16-17(14-9-5-3-6-10-14)15-11-7-4-8-12-15;1-7-5-3-2-4-6-7/h2-12,17H,1,13H2;2-6H,1H3. The van der Waals surface area contributed by atoms with E-state index < -0.39 is 9.04 Å². The molecule has 0 spiro atoms. The second-order valence-electron chi connectivity index (χ2n) is 5.48. The Morgan fingerprint density at radius 3 is 1.50 bits per heavy atom. The van der Waals surface area contributed by atoms with Crippen molar-refractivity contribution in [3.05, 3.63) is 109 Å². The molecule has 0 aromatic heterocycles. The normalized spacial score (nSPS) is 9.92. The zero-order chi connectivity index (χ0) is 17.0. The van der Waals surface area contributed by atoms with Crippen molar-refractivity contribution in [2.45, 2.75) is 6.92 Å². The van der Waals surface area contributed by atoms with E-state index in [1.807, 2.05) is 36.4 Å². The Morgan fingerprint density at radius 1 is 0.750 bits per heavy atom. The minimum atomic E-state index is -1.54. The highest BCUT2D eigenvalue weighted by Gasteiger charge is 2.16. The molecule has 0 bridgehead atoms. The molecule has 1 nitrogen and oxygen atoms in total. The van der Waals surface area contributed by atoms with Crippen LogP contribution in [-0.4, -0.2) is 15.6 Å². The van der Waals surface area contributed by atoms with Crippen LogP contribution in [-0.2, 0) is 4.43 Å². The topological polar surface area (TPSA) is 9.23 Å². The quantitative estimate of drug-likeness (QED) is 0.511. The third kappa shape index (κ3) is 5.99. The summed E-state index contributed by atoms with van der Waals surface area (Å²) in [6.45, 7) is 6.41. The maximum Gasteiger partial charge on any atom is 0.240 e. The van der Waals surface area contributed by atoms with Crippen molar-refractivity contribution in [2.24, 2.45) is 0 Å². The van der Waals surface area contributed by atoms with Gasteiger partial charge in [0.05, 0.1) is 6.61 Å². The van der Waals surface area contributed by atoms with Gasteiger partial charge in [0.1, 0.15) is 0 Å². The van der Waals surface area contributed by atoms with Crippen molar-refractivity contribution in [1.29, 1.82) is 0 Å². The zero-order valence-corrected chi connectivity index (χ0v) is 15.3. The Labute approximate surface area is 147 Å². The van der Waals surface area contributed by atoms with Gasteiger partial charge < -0.3 is 4.43 Å². The van der Waals surface area contributed by atoms with Gasteiger partial charge in [0.15, 0.2) is 0 Å². The lowest BCUT2D eigenvalue weighted by molar-refractivity contribution is 0.383. The van der Waals surface area contributed by atoms with E-state index in [1.54, 1.807) is 0 Å². The summed E-state index contributed by atoms with van der Waals surface area (Å²) in [5, 5.41) is 2.61. The SMILES string of the molecule is C=CCO[SiH](c1ccccc1)c1ccccc1.Cc1ccccc1. The van der Waals surface area contributed by atoms with Gasteiger partial charge in [-0.3, -0.25) is 0 Å². The maximum atomic E-state index is 5.98. The van der Waals surface area contributed by atoms with Crippen molar-refractivity contribution >= 4 is 19.4 Å². The summed E-state index contributed by atoms with van der Waals surface area (Å²) < 4.78 is 5.98. The Morgan fingerprint density at radius 2 is 1.17 bits per heavy atom. The first-order valence-electron chi connectivity index (χ1n) is 8.15. The van der Waals surface area contributed by atoms with Gasteiger partial charge in [-0.05, 0) is 17.3 Å². The molecule has 0 atom stereocenters. The molecule has 0 aliphatic carbocycles. The molecule has 3 aromatic rings. The fourth-order valence-electron chi connectivity index (χ4n) is 2.34. The molecule has 0 N–H and O–H groups in total. The molecule has 2 heteroatoms. The molecule has 24 heavy (non-hydrogen) atoms. The molecule has 3 rings (SSSR count). The maximum absolute atomic E-state index is 5.98. The molecule has 0 saturated heterocycles. The van der Waals surface area contributed by atoms with Crippen LogP contribution in [0, 0.1) is 6.92 Å². The van der Waals surface area contributed by atoms with Crippen LogP contribution in [0.25, 0.3) is 0 Å². The predicted octanol–water partition coefficient (Wildman–Crippen LogP) is 3.72. The first-order chi connectivity index (χ1) is 11.8. The van der Waals surface area contributed by atoms with E-state index >= 15 is 0 Å². The largest absolute Gasteiger partial charge is 0.407 e. The van der Waals surface area contributed by atoms with Gasteiger partial charge in [-0.1, -0.05) is 103 Å². The molecule has 0 aliphatic rings. The van der Waals surface area contributed by atoms with E-state index in [4.69, 9.17) is 4.43 Å². The minimum Gasteiger partial charge on any atom is -0.407 e. The van der Waals surface area contributed by atoms with Crippen molar-refractivity contribution in [3.63, 3.8) is 0 Å². The average molecular weight is 333 g/mol. The highest BCUT2D eigenvalue weighted by molar-refractivity contribution is 6.80. The Bertz CT molecular complexity index is 656. The van der Waals surface area contributed by atoms with Gasteiger partial charge in [0.25, 0.3) is 0 Å². The highest BCUT2D eigenvalue weighted by atomic mass is 28.3. The smallest absolute Gasteiger partial charge is 0.240 e. The zero-order valence-electron chi connectivity index (χ0n) is 14.1. The first-order valence-corrected chi connectivity index (χ1v) is 9.78. The summed E-state index contributed by atoms with van der Waals surface area (Å²) in [7, 11) is -1.54. The number of aryl methyl sites for hydroxylation is 1. The van der Waals surface area contributed by atoms with Crippen molar-refractivity contribution in [3.8, 4) is 0 Å². The monoisotopic (exact) mass is 332 g/mol. The number of rotatable bonds is 5. The molecular weight excluding hydrogens is 308 g/mol. The summed E-state index contributed by atoms with van der Waals surface area (Å²) in [5.41, 5.74) is 1.32. The molecule has 0 fully saturated rings. The second kappa shape index (κ2) is 10.4. The first kappa shape index (κ1) is 17.9. The Balaban J connectivity index is 0.000000249. The highest BCUT2D eigenvalue weighted by Crippen LogP contribution is 1.95. The van der Waals surface area contributed by atoms with Crippen LogP contribution >= 0.6 is 0 Å². The third-order valence-corrected chi connectivity index (χ3v) is 6.03. The van der Waals surface area contributed by atoms with E-state index in [0.717, 1.165) is 0 Å². The van der Waals surface area contributed by atoms with E-state index in [1.165, 1.54) is 15.9 Å². The average Bonchev–Trinajstić information content (AvgIpc) is 2.65. The van der Waals surface area contributed by atoms with Crippen LogP contribution in [0.1, 0.15) is 5.56 Å². The molecule has 0 unspecified atom stereocenters. The lowest BCUT2D eigenvalue weighted by Gasteiger charge is -2.15. The Kier molecular flexibility index (Phi) is 7.74. The van der Waals surface area contributed by atoms with E-state index in [2.05, 4.69) is 74.2 Å². The van der Waals surface area contributed by atoms with E-state index in [9.17, 15) is 0 Å². The van der Waals surface area contributed by atoms with Gasteiger partial charge in [-0.15, -0.1) is 6.58 Å². The third-order valence-electron chi connectivity index (χ3n) is 3.53. The van der Waals surface area contributed by atoms with Gasteiger partial charge >= 0.3 is 0 Å². The van der Waals surface area contributed by atoms with Gasteiger partial charge in [0, 0.05) is 0 Å². The fraction of sp³-hybridized carbons (Fsp3) is 0.0909. The summed E-state index contributed by atoms with van der Waals surface area (Å²) in [6.07, 6.45) is 1.81. The minimum absolute atomic E-state index is 0.612. The molecule has 0 radical (unpaired) electrons. The number of hydrogen-bond donors (Lipinski definition) is 0. The van der Waals surface area contributed by atoms with E-state index in [0.29, 0.717) is 6.61 Å². The van der Waals surface area contributed by atoms with Crippen LogP contribution in [0.3, 0.4) is 0 Å². The van der Waals surface area contributed by atoms with Gasteiger partial charge in [0.2, 0.25) is 9.04 Å². The molecule has 0 amide bonds. The van der Waals surface area contributed by atoms with Crippen LogP contribution in [0.5, 0.6) is 0 Å². The summed E-state index contributed by atoms with van der Waals surface area (Å²) in [5.74, 6) is 0. The molecule has 0 saturated carbocycles. The van der Waals surface area contributed by atoms with Crippen molar-refractivity contribution in [1.82, 2.24) is 0 Å². The fourth-order valence-corrected chi connectivity index (χ4v) is 4.58. The van der Waals surface area contributed by atoms with Crippen LogP contribution in [0.2, 0.25) is 0 Å². The predicted molar refractivity (Wildman–Crippen MR) is 107 cm³/mol. The summed E-state index contributed by atoms with van der Waals surface area (Å²) in [6, 6.07) is 31.2. The van der Waals surface area contributed by atoms with Crippen LogP contribution in [0.15, 0.2) is 104 Å². The van der Waals surface area contributed by atoms with Crippen LogP contribution in [0.4, 0.5) is 0 Å². The van der Waals surface area contributed by atoms with Gasteiger partial charge in [-0.2, -0.15) is 0 Å². The Hall–Kier alpha value is -2.42. The lowest BCUT2D eigenvalue weighted by atomic mass is 10.2. The van der Waals surface area contributed by atoms with Crippen molar-refractivity contribution in [2.75, 3.05) is 6.61 Å². The van der Waals surface area contributed by atoms with E-state index in [-0.39, 0.29) is 0 Å². The molecule has 0 heterocycles. The van der Waals surface area contributed by atoms with Crippen LogP contribution < -0.4 is 10.4 Å². The number of hydrogen-bond acceptors (Lipinski definition) is 1.